The summed E-state index contributed by atoms with van der Waals surface area (Å²) in [6, 6.07) is 0.269. The Hall–Kier alpha value is -1.43. The van der Waals surface area contributed by atoms with Gasteiger partial charge in [0.25, 0.3) is 0 Å². The third kappa shape index (κ3) is 1.99. The van der Waals surface area contributed by atoms with Crippen LogP contribution in [0.25, 0.3) is 0 Å². The molecule has 6 heteroatoms. The number of aromatic amines is 1. The first-order valence-electron chi connectivity index (χ1n) is 4.77. The highest BCUT2D eigenvalue weighted by Crippen LogP contribution is 2.11. The molecule has 1 N–H and O–H groups in total. The summed E-state index contributed by atoms with van der Waals surface area (Å²) in [5.41, 5.74) is 0. The predicted octanol–water partition coefficient (Wildman–Crippen LogP) is 1.71. The number of aromatic nitrogens is 5. The first-order chi connectivity index (χ1) is 7.18. The molecule has 2 heterocycles. The van der Waals surface area contributed by atoms with Crippen molar-refractivity contribution in [3.05, 3.63) is 29.3 Å². The first kappa shape index (κ1) is 10.1. The Morgan fingerprint density at radius 1 is 1.60 bits per heavy atom. The Balaban J connectivity index is 2.22. The van der Waals surface area contributed by atoms with Crippen LogP contribution in [0.2, 0.25) is 0 Å². The van der Waals surface area contributed by atoms with Crippen LogP contribution in [0.3, 0.4) is 0 Å². The van der Waals surface area contributed by atoms with Crippen molar-refractivity contribution in [3.63, 3.8) is 0 Å². The van der Waals surface area contributed by atoms with E-state index in [4.69, 9.17) is 12.2 Å². The molecule has 2 aromatic rings. The van der Waals surface area contributed by atoms with Gasteiger partial charge in [0.1, 0.15) is 5.82 Å². The maximum Gasteiger partial charge on any atom is 0.195 e. The van der Waals surface area contributed by atoms with E-state index in [1.54, 1.807) is 12.5 Å². The Morgan fingerprint density at radius 3 is 2.93 bits per heavy atom. The Kier molecular flexibility index (Phi) is 2.68. The molecule has 0 aromatic carbocycles. The number of aryl methyl sites for hydroxylation is 1. The number of H-pyrrole nitrogens is 1. The van der Waals surface area contributed by atoms with E-state index in [1.807, 2.05) is 22.3 Å². The van der Waals surface area contributed by atoms with Gasteiger partial charge in [-0.2, -0.15) is 5.10 Å². The van der Waals surface area contributed by atoms with Gasteiger partial charge >= 0.3 is 0 Å². The topological polar surface area (TPSA) is 51.4 Å². The molecule has 2 aromatic heterocycles. The highest BCUT2D eigenvalue weighted by molar-refractivity contribution is 7.71. The lowest BCUT2D eigenvalue weighted by Gasteiger charge is -2.14. The van der Waals surface area contributed by atoms with E-state index in [0.717, 1.165) is 12.4 Å². The van der Waals surface area contributed by atoms with Crippen molar-refractivity contribution >= 4 is 12.2 Å². The van der Waals surface area contributed by atoms with Crippen LogP contribution in [0.5, 0.6) is 0 Å². The number of hydrogen-bond acceptors (Lipinski definition) is 3. The number of imidazole rings is 1. The van der Waals surface area contributed by atoms with Gasteiger partial charge in [-0.3, -0.25) is 9.67 Å². The summed E-state index contributed by atoms with van der Waals surface area (Å²) in [6.45, 7) is 4.89. The van der Waals surface area contributed by atoms with Gasteiger partial charge in [-0.05, 0) is 26.1 Å². The second-order valence-corrected chi connectivity index (χ2v) is 3.94. The van der Waals surface area contributed by atoms with E-state index in [-0.39, 0.29) is 6.04 Å². The third-order valence-electron chi connectivity index (χ3n) is 2.36. The molecule has 1 unspecified atom stereocenters. The van der Waals surface area contributed by atoms with Gasteiger partial charge in [0.2, 0.25) is 0 Å². The predicted molar refractivity (Wildman–Crippen MR) is 59.1 cm³/mol. The fourth-order valence-electron chi connectivity index (χ4n) is 1.68. The number of rotatable bonds is 3. The molecule has 0 spiro atoms. The second kappa shape index (κ2) is 3.98. The minimum absolute atomic E-state index is 0.269. The molecule has 0 amide bonds. The fraction of sp³-hybridized carbons (Fsp3) is 0.444. The van der Waals surface area contributed by atoms with Crippen molar-refractivity contribution in [3.8, 4) is 0 Å². The average Bonchev–Trinajstić information content (AvgIpc) is 2.77. The first-order valence-corrected chi connectivity index (χ1v) is 5.18. The molecule has 0 aliphatic heterocycles. The van der Waals surface area contributed by atoms with Gasteiger partial charge < -0.3 is 4.57 Å². The zero-order valence-corrected chi connectivity index (χ0v) is 9.53. The summed E-state index contributed by atoms with van der Waals surface area (Å²) in [7, 11) is 0. The van der Waals surface area contributed by atoms with Crippen molar-refractivity contribution in [2.24, 2.45) is 0 Å². The Labute approximate surface area is 92.8 Å². The van der Waals surface area contributed by atoms with Crippen molar-refractivity contribution in [1.82, 2.24) is 24.3 Å². The van der Waals surface area contributed by atoms with E-state index in [0.29, 0.717) is 4.77 Å². The molecule has 0 bridgehead atoms. The number of nitrogens with one attached hydrogen (secondary N) is 1. The van der Waals surface area contributed by atoms with Crippen LogP contribution in [-0.4, -0.2) is 24.3 Å². The molecule has 15 heavy (non-hydrogen) atoms. The normalized spacial score (nSPS) is 12.9. The van der Waals surface area contributed by atoms with Crippen LogP contribution < -0.4 is 0 Å². The summed E-state index contributed by atoms with van der Waals surface area (Å²) in [5, 5.41) is 6.88. The molecule has 0 radical (unpaired) electrons. The fourth-order valence-corrected chi connectivity index (χ4v) is 2.04. The molecule has 1 atom stereocenters. The summed E-state index contributed by atoms with van der Waals surface area (Å²) in [5.74, 6) is 0.910. The highest BCUT2D eigenvalue weighted by atomic mass is 32.1. The minimum atomic E-state index is 0.269. The van der Waals surface area contributed by atoms with Crippen molar-refractivity contribution in [1.29, 1.82) is 0 Å². The SMILES string of the molecule is Cc1n[nH]c(=S)n1C(C)Cn1ccnc1. The highest BCUT2D eigenvalue weighted by Gasteiger charge is 2.09. The van der Waals surface area contributed by atoms with Crippen LogP contribution in [0.4, 0.5) is 0 Å². The molecule has 80 valence electrons. The van der Waals surface area contributed by atoms with Crippen molar-refractivity contribution in [2.45, 2.75) is 26.4 Å². The standard InChI is InChI=1S/C9H13N5S/c1-7(5-13-4-3-10-6-13)14-8(2)11-12-9(14)15/h3-4,6-7H,5H2,1-2H3,(H,12,15). The van der Waals surface area contributed by atoms with Crippen LogP contribution in [0.15, 0.2) is 18.7 Å². The van der Waals surface area contributed by atoms with Gasteiger partial charge in [-0.1, -0.05) is 0 Å². The molecular formula is C9H13N5S. The van der Waals surface area contributed by atoms with E-state index < -0.39 is 0 Å². The van der Waals surface area contributed by atoms with E-state index in [1.165, 1.54) is 0 Å². The number of hydrogen-bond donors (Lipinski definition) is 1. The lowest BCUT2D eigenvalue weighted by molar-refractivity contribution is 0.451. The molecular weight excluding hydrogens is 210 g/mol. The Morgan fingerprint density at radius 2 is 2.40 bits per heavy atom. The molecule has 2 rings (SSSR count). The van der Waals surface area contributed by atoms with Crippen molar-refractivity contribution in [2.75, 3.05) is 0 Å². The van der Waals surface area contributed by atoms with Crippen LogP contribution >= 0.6 is 12.2 Å². The average molecular weight is 223 g/mol. The van der Waals surface area contributed by atoms with Gasteiger partial charge in [-0.25, -0.2) is 4.98 Å². The maximum absolute atomic E-state index is 5.16. The Bertz CT molecular complexity index is 481. The van der Waals surface area contributed by atoms with Gasteiger partial charge in [0, 0.05) is 18.9 Å². The summed E-state index contributed by atoms with van der Waals surface area (Å²) in [6.07, 6.45) is 5.51. The van der Waals surface area contributed by atoms with E-state index >= 15 is 0 Å². The summed E-state index contributed by atoms with van der Waals surface area (Å²) in [4.78, 5) is 4.01. The lowest BCUT2D eigenvalue weighted by Crippen LogP contribution is -2.13. The van der Waals surface area contributed by atoms with Crippen LogP contribution in [-0.2, 0) is 6.54 Å². The zero-order chi connectivity index (χ0) is 10.8. The van der Waals surface area contributed by atoms with Crippen LogP contribution in [0.1, 0.15) is 18.8 Å². The van der Waals surface area contributed by atoms with Gasteiger partial charge in [-0.15, -0.1) is 0 Å². The van der Waals surface area contributed by atoms with E-state index in [9.17, 15) is 0 Å². The molecule has 0 aliphatic rings. The van der Waals surface area contributed by atoms with Gasteiger partial charge in [0.15, 0.2) is 4.77 Å². The quantitative estimate of drug-likeness (QED) is 0.806. The molecule has 0 aliphatic carbocycles. The number of nitrogens with zero attached hydrogens (tertiary/aromatic N) is 4. The molecule has 5 nitrogen and oxygen atoms in total. The van der Waals surface area contributed by atoms with Gasteiger partial charge in [0.05, 0.1) is 12.4 Å². The summed E-state index contributed by atoms with van der Waals surface area (Å²) < 4.78 is 4.70. The van der Waals surface area contributed by atoms with E-state index in [2.05, 4.69) is 22.1 Å². The molecule has 0 saturated heterocycles. The third-order valence-corrected chi connectivity index (χ3v) is 2.64. The van der Waals surface area contributed by atoms with Crippen molar-refractivity contribution < 1.29 is 0 Å². The zero-order valence-electron chi connectivity index (χ0n) is 8.71. The second-order valence-electron chi connectivity index (χ2n) is 3.55. The maximum atomic E-state index is 5.16. The molecule has 0 saturated carbocycles. The largest absolute Gasteiger partial charge is 0.335 e. The lowest BCUT2D eigenvalue weighted by atomic mass is 10.3. The smallest absolute Gasteiger partial charge is 0.195 e. The summed E-state index contributed by atoms with van der Waals surface area (Å²) >= 11 is 5.16. The monoisotopic (exact) mass is 223 g/mol. The van der Waals surface area contributed by atoms with Crippen LogP contribution in [0, 0.1) is 11.7 Å². The molecule has 0 fully saturated rings. The minimum Gasteiger partial charge on any atom is -0.335 e.